The van der Waals surface area contributed by atoms with Crippen molar-refractivity contribution in [3.8, 4) is 0 Å². The summed E-state index contributed by atoms with van der Waals surface area (Å²) in [6.45, 7) is 0. The Morgan fingerprint density at radius 1 is 1.38 bits per heavy atom. The van der Waals surface area contributed by atoms with Crippen LogP contribution in [0.2, 0.25) is 0 Å². The van der Waals surface area contributed by atoms with Gasteiger partial charge in [-0.25, -0.2) is 15.0 Å². The zero-order chi connectivity index (χ0) is 15.2. The number of amides is 1. The van der Waals surface area contributed by atoms with E-state index >= 15 is 0 Å². The molecule has 0 aromatic carbocycles. The van der Waals surface area contributed by atoms with Gasteiger partial charge in [-0.2, -0.15) is 0 Å². The van der Waals surface area contributed by atoms with Gasteiger partial charge in [0.1, 0.15) is 17.3 Å². The Morgan fingerprint density at radius 2 is 2.14 bits per heavy atom. The first-order chi connectivity index (χ1) is 9.95. The third-order valence-electron chi connectivity index (χ3n) is 4.15. The van der Waals surface area contributed by atoms with Crippen LogP contribution in [0.25, 0.3) is 11.2 Å². The molecule has 1 saturated carbocycles. The second kappa shape index (κ2) is 4.40. The van der Waals surface area contributed by atoms with Crippen LogP contribution < -0.4 is 11.5 Å². The molecule has 2 heterocycles. The van der Waals surface area contributed by atoms with Crippen LogP contribution in [-0.2, 0) is 9.59 Å². The Hall–Kier alpha value is -2.71. The Balaban J connectivity index is 2.01. The quantitative estimate of drug-likeness (QED) is 0.656. The first-order valence-corrected chi connectivity index (χ1v) is 6.42. The van der Waals surface area contributed by atoms with Gasteiger partial charge < -0.3 is 21.1 Å². The number of nitrogen functional groups attached to an aromatic ring is 1. The number of carbonyl (C=O) groups is 2. The molecule has 2 atom stereocenters. The van der Waals surface area contributed by atoms with Crippen LogP contribution in [0.1, 0.15) is 25.3 Å². The molecular formula is C12H14N6O3. The van der Waals surface area contributed by atoms with Crippen LogP contribution >= 0.6 is 0 Å². The number of aliphatic carboxylic acids is 1. The summed E-state index contributed by atoms with van der Waals surface area (Å²) < 4.78 is 1.74. The lowest BCUT2D eigenvalue weighted by Gasteiger charge is -2.20. The number of carbonyl (C=O) groups excluding carboxylic acids is 1. The standard InChI is InChI=1S/C12H14N6O3/c13-8-7-9(16-4-15-8)18(5-17-7)6-1-2-12(3-6,10(14)19)11(20)21/h4-6H,1-3H2,(H2,14,19)(H,20,21)(H2,13,15,16). The van der Waals surface area contributed by atoms with Gasteiger partial charge in [-0.1, -0.05) is 0 Å². The summed E-state index contributed by atoms with van der Waals surface area (Å²) in [7, 11) is 0. The number of aromatic nitrogens is 4. The third-order valence-corrected chi connectivity index (χ3v) is 4.15. The van der Waals surface area contributed by atoms with Crippen molar-refractivity contribution in [2.24, 2.45) is 11.1 Å². The van der Waals surface area contributed by atoms with Gasteiger partial charge in [-0.15, -0.1) is 0 Å². The minimum atomic E-state index is -1.53. The van der Waals surface area contributed by atoms with Gasteiger partial charge in [-0.3, -0.25) is 9.59 Å². The molecule has 0 spiro atoms. The van der Waals surface area contributed by atoms with Crippen molar-refractivity contribution < 1.29 is 14.7 Å². The molecule has 1 aliphatic rings. The third kappa shape index (κ3) is 1.81. The van der Waals surface area contributed by atoms with Crippen molar-refractivity contribution in [2.75, 3.05) is 5.73 Å². The molecule has 9 heteroatoms. The van der Waals surface area contributed by atoms with Gasteiger partial charge >= 0.3 is 5.97 Å². The lowest BCUT2D eigenvalue weighted by molar-refractivity contribution is -0.154. The molecular weight excluding hydrogens is 276 g/mol. The van der Waals surface area contributed by atoms with E-state index in [2.05, 4.69) is 15.0 Å². The number of anilines is 1. The predicted octanol–water partition coefficient (Wildman–Crippen LogP) is -0.310. The molecule has 110 valence electrons. The van der Waals surface area contributed by atoms with Crippen molar-refractivity contribution >= 4 is 28.9 Å². The second-order valence-electron chi connectivity index (χ2n) is 5.23. The normalized spacial score (nSPS) is 25.2. The van der Waals surface area contributed by atoms with Crippen LogP contribution in [0.15, 0.2) is 12.7 Å². The number of rotatable bonds is 3. The van der Waals surface area contributed by atoms with Crippen LogP contribution in [-0.4, -0.2) is 36.5 Å². The molecule has 5 N–H and O–H groups in total. The van der Waals surface area contributed by atoms with Crippen molar-refractivity contribution in [2.45, 2.75) is 25.3 Å². The number of nitrogens with zero attached hydrogens (tertiary/aromatic N) is 4. The van der Waals surface area contributed by atoms with Gasteiger partial charge in [-0.05, 0) is 19.3 Å². The molecule has 0 radical (unpaired) electrons. The fourth-order valence-electron chi connectivity index (χ4n) is 2.92. The molecule has 9 nitrogen and oxygen atoms in total. The molecule has 1 aliphatic carbocycles. The lowest BCUT2D eigenvalue weighted by atomic mass is 9.85. The molecule has 2 aromatic rings. The Labute approximate surface area is 119 Å². The number of primary amides is 1. The van der Waals surface area contributed by atoms with E-state index in [-0.39, 0.29) is 24.7 Å². The molecule has 2 aromatic heterocycles. The van der Waals surface area contributed by atoms with E-state index in [1.165, 1.54) is 6.33 Å². The molecule has 1 fully saturated rings. The number of imidazole rings is 1. The minimum Gasteiger partial charge on any atom is -0.480 e. The highest BCUT2D eigenvalue weighted by atomic mass is 16.4. The van der Waals surface area contributed by atoms with E-state index in [4.69, 9.17) is 11.5 Å². The summed E-state index contributed by atoms with van der Waals surface area (Å²) in [6.07, 6.45) is 3.68. The molecule has 2 unspecified atom stereocenters. The van der Waals surface area contributed by atoms with E-state index in [0.29, 0.717) is 17.6 Å². The van der Waals surface area contributed by atoms with E-state index in [1.807, 2.05) is 0 Å². The minimum absolute atomic E-state index is 0.118. The van der Waals surface area contributed by atoms with E-state index in [9.17, 15) is 14.7 Å². The van der Waals surface area contributed by atoms with E-state index < -0.39 is 17.3 Å². The fourth-order valence-corrected chi connectivity index (χ4v) is 2.92. The second-order valence-corrected chi connectivity index (χ2v) is 5.23. The van der Waals surface area contributed by atoms with Gasteiger partial charge in [0, 0.05) is 6.04 Å². The Morgan fingerprint density at radius 3 is 2.76 bits per heavy atom. The van der Waals surface area contributed by atoms with Crippen molar-refractivity contribution in [3.05, 3.63) is 12.7 Å². The van der Waals surface area contributed by atoms with Gasteiger partial charge in [0.25, 0.3) is 0 Å². The SMILES string of the molecule is NC(=O)C1(C(=O)O)CCC(n2cnc3c(N)ncnc32)C1. The molecule has 0 saturated heterocycles. The Bertz CT molecular complexity index is 726. The zero-order valence-electron chi connectivity index (χ0n) is 11.1. The fraction of sp³-hybridized carbons (Fsp3) is 0.417. The van der Waals surface area contributed by atoms with Crippen LogP contribution in [0, 0.1) is 5.41 Å². The highest BCUT2D eigenvalue weighted by molar-refractivity contribution is 6.01. The van der Waals surface area contributed by atoms with Crippen LogP contribution in [0.5, 0.6) is 0 Å². The van der Waals surface area contributed by atoms with E-state index in [1.54, 1.807) is 10.9 Å². The highest BCUT2D eigenvalue weighted by Crippen LogP contribution is 2.45. The monoisotopic (exact) mass is 290 g/mol. The average Bonchev–Trinajstić information content (AvgIpc) is 3.03. The van der Waals surface area contributed by atoms with Gasteiger partial charge in [0.05, 0.1) is 6.33 Å². The molecule has 0 bridgehead atoms. The predicted molar refractivity (Wildman–Crippen MR) is 71.9 cm³/mol. The summed E-state index contributed by atoms with van der Waals surface area (Å²) in [5.74, 6) is -1.73. The summed E-state index contributed by atoms with van der Waals surface area (Å²) >= 11 is 0. The highest BCUT2D eigenvalue weighted by Gasteiger charge is 2.51. The number of carboxylic acid groups (broad SMARTS) is 1. The maximum Gasteiger partial charge on any atom is 0.319 e. The maximum absolute atomic E-state index is 11.6. The van der Waals surface area contributed by atoms with Crippen LogP contribution in [0.4, 0.5) is 5.82 Å². The number of nitrogens with two attached hydrogens (primary N) is 2. The summed E-state index contributed by atoms with van der Waals surface area (Å²) in [5.41, 5.74) is 10.5. The van der Waals surface area contributed by atoms with E-state index in [0.717, 1.165) is 0 Å². The Kier molecular flexibility index (Phi) is 2.78. The molecule has 3 rings (SSSR count). The summed E-state index contributed by atoms with van der Waals surface area (Å²) in [5, 5.41) is 9.34. The average molecular weight is 290 g/mol. The molecule has 1 amide bonds. The van der Waals surface area contributed by atoms with Crippen LogP contribution in [0.3, 0.4) is 0 Å². The number of hydrogen-bond acceptors (Lipinski definition) is 6. The van der Waals surface area contributed by atoms with Gasteiger partial charge in [0.2, 0.25) is 5.91 Å². The van der Waals surface area contributed by atoms with Gasteiger partial charge in [0.15, 0.2) is 11.5 Å². The zero-order valence-corrected chi connectivity index (χ0v) is 11.1. The summed E-state index contributed by atoms with van der Waals surface area (Å²) in [6, 6.07) is -0.215. The van der Waals surface area contributed by atoms with Crippen molar-refractivity contribution in [1.82, 2.24) is 19.5 Å². The maximum atomic E-state index is 11.6. The molecule has 21 heavy (non-hydrogen) atoms. The number of hydrogen-bond donors (Lipinski definition) is 3. The largest absolute Gasteiger partial charge is 0.480 e. The first kappa shape index (κ1) is 13.3. The number of carboxylic acids is 1. The topological polar surface area (TPSA) is 150 Å². The summed E-state index contributed by atoms with van der Waals surface area (Å²) in [4.78, 5) is 35.1. The first-order valence-electron chi connectivity index (χ1n) is 6.42. The van der Waals surface area contributed by atoms with Crippen molar-refractivity contribution in [1.29, 1.82) is 0 Å². The number of fused-ring (bicyclic) bond motifs is 1. The van der Waals surface area contributed by atoms with Crippen molar-refractivity contribution in [3.63, 3.8) is 0 Å². The smallest absolute Gasteiger partial charge is 0.319 e. The lowest BCUT2D eigenvalue weighted by Crippen LogP contribution is -2.42. The molecule has 0 aliphatic heterocycles.